The molecule has 4 N–H and O–H groups in total. The van der Waals surface area contributed by atoms with Gasteiger partial charge in [0.05, 0.1) is 45.7 Å². The highest BCUT2D eigenvalue weighted by molar-refractivity contribution is 6.10. The van der Waals surface area contributed by atoms with E-state index in [9.17, 15) is 25.2 Å². The summed E-state index contributed by atoms with van der Waals surface area (Å²) < 4.78 is 16.5. The van der Waals surface area contributed by atoms with E-state index in [2.05, 4.69) is 32.1 Å². The second-order valence-electron chi connectivity index (χ2n) is 16.6. The molecule has 0 aromatic heterocycles. The number of fused-ring (bicyclic) bond motifs is 1. The SMILES string of the molecule is COc1ccc(C(=O)C2=CC34C=CC25C(CCC2(C)C5CCC2(O)CN(Cc2ccc(OC)cc2OC)CC(O)CO)C3(C)CCC(O)C4)cc1. The highest BCUT2D eigenvalue weighted by atomic mass is 16.5. The van der Waals surface area contributed by atoms with Crippen LogP contribution < -0.4 is 14.2 Å². The average Bonchev–Trinajstić information content (AvgIpc) is 3.40. The zero-order valence-electron chi connectivity index (χ0n) is 30.7. The van der Waals surface area contributed by atoms with Crippen molar-refractivity contribution < 1.29 is 39.4 Å². The van der Waals surface area contributed by atoms with Gasteiger partial charge in [-0.15, -0.1) is 0 Å². The van der Waals surface area contributed by atoms with Crippen molar-refractivity contribution in [2.45, 2.75) is 83.1 Å². The van der Waals surface area contributed by atoms with Crippen LogP contribution in [0, 0.1) is 33.5 Å². The molecule has 0 radical (unpaired) electrons. The first kappa shape index (κ1) is 36.2. The smallest absolute Gasteiger partial charge is 0.189 e. The predicted octanol–water partition coefficient (Wildman–Crippen LogP) is 5.34. The number of nitrogens with zero attached hydrogens (tertiary/aromatic N) is 1. The molecule has 9 heteroatoms. The fourth-order valence-electron chi connectivity index (χ4n) is 11.6. The fraction of sp³-hybridized carbons (Fsp3) is 0.595. The van der Waals surface area contributed by atoms with Gasteiger partial charge in [0.2, 0.25) is 0 Å². The Morgan fingerprint density at radius 2 is 1.57 bits per heavy atom. The molecule has 2 bridgehead atoms. The van der Waals surface area contributed by atoms with Crippen molar-refractivity contribution in [2.75, 3.05) is 41.0 Å². The van der Waals surface area contributed by atoms with E-state index < -0.39 is 34.1 Å². The molecule has 2 aromatic carbocycles. The predicted molar refractivity (Wildman–Crippen MR) is 194 cm³/mol. The molecule has 9 nitrogen and oxygen atoms in total. The summed E-state index contributed by atoms with van der Waals surface area (Å²) in [7, 11) is 4.84. The molecule has 0 heterocycles. The van der Waals surface area contributed by atoms with Gasteiger partial charge in [-0.2, -0.15) is 0 Å². The van der Waals surface area contributed by atoms with Crippen molar-refractivity contribution in [3.8, 4) is 17.2 Å². The number of benzene rings is 2. The van der Waals surface area contributed by atoms with Crippen LogP contribution >= 0.6 is 0 Å². The molecule has 3 fully saturated rings. The zero-order chi connectivity index (χ0) is 36.4. The van der Waals surface area contributed by atoms with Crippen LogP contribution in [0.4, 0.5) is 0 Å². The lowest BCUT2D eigenvalue weighted by atomic mass is 9.32. The Morgan fingerprint density at radius 3 is 2.25 bits per heavy atom. The Hall–Kier alpha value is -3.21. The molecule has 6 aliphatic carbocycles. The first-order valence-electron chi connectivity index (χ1n) is 18.6. The van der Waals surface area contributed by atoms with Crippen LogP contribution in [0.25, 0.3) is 0 Å². The van der Waals surface area contributed by atoms with Crippen molar-refractivity contribution in [3.63, 3.8) is 0 Å². The van der Waals surface area contributed by atoms with Crippen LogP contribution in [-0.2, 0) is 6.54 Å². The molecular weight excluding hydrogens is 646 g/mol. The summed E-state index contributed by atoms with van der Waals surface area (Å²) in [6, 6.07) is 13.0. The van der Waals surface area contributed by atoms with E-state index in [4.69, 9.17) is 14.2 Å². The second kappa shape index (κ2) is 13.0. The Labute approximate surface area is 301 Å². The Bertz CT molecular complexity index is 1710. The van der Waals surface area contributed by atoms with Crippen LogP contribution in [-0.4, -0.2) is 89.9 Å². The summed E-state index contributed by atoms with van der Waals surface area (Å²) in [5.74, 6) is 2.19. The van der Waals surface area contributed by atoms with Gasteiger partial charge in [-0.25, -0.2) is 0 Å². The van der Waals surface area contributed by atoms with Gasteiger partial charge >= 0.3 is 0 Å². The average molecular weight is 702 g/mol. The van der Waals surface area contributed by atoms with Crippen LogP contribution in [0.5, 0.6) is 17.2 Å². The number of hydrogen-bond donors (Lipinski definition) is 4. The van der Waals surface area contributed by atoms with Crippen LogP contribution in [0.15, 0.2) is 66.3 Å². The maximum absolute atomic E-state index is 14.8. The van der Waals surface area contributed by atoms with Crippen LogP contribution in [0.2, 0.25) is 0 Å². The van der Waals surface area contributed by atoms with Crippen LogP contribution in [0.1, 0.15) is 74.7 Å². The summed E-state index contributed by atoms with van der Waals surface area (Å²) in [5.41, 5.74) is -0.504. The molecule has 0 aliphatic heterocycles. The number of ketones is 1. The van der Waals surface area contributed by atoms with E-state index in [-0.39, 0.29) is 42.7 Å². The maximum atomic E-state index is 14.8. The number of Topliss-reactive ketones (excluding diaryl/α,β-unsaturated/α-hetero) is 1. The van der Waals surface area contributed by atoms with E-state index in [1.807, 2.05) is 47.4 Å². The van der Waals surface area contributed by atoms with Gasteiger partial charge in [0.15, 0.2) is 5.78 Å². The third-order valence-corrected chi connectivity index (χ3v) is 14.4. The standard InChI is InChI=1S/C42H55NO8/c1-38-15-12-29(45)21-40(38)18-19-42(33(22-40)37(47)27-6-9-31(49-3)10-7-27)35(38)13-16-39(2)36(42)14-17-41(39,48)26-43(24-30(46)25-44)23-28-8-11-32(50-4)20-34(28)51-5/h6-11,18-20,22,29-30,35-36,44-46,48H,12-17,21,23-26H2,1-5H3. The largest absolute Gasteiger partial charge is 0.497 e. The molecular formula is C42H55NO8. The Kier molecular flexibility index (Phi) is 9.23. The third-order valence-electron chi connectivity index (χ3n) is 14.4. The monoisotopic (exact) mass is 701 g/mol. The lowest BCUT2D eigenvalue weighted by Crippen LogP contribution is -2.67. The number of carbonyl (C=O) groups excluding carboxylic acids is 1. The minimum atomic E-state index is -1.13. The summed E-state index contributed by atoms with van der Waals surface area (Å²) >= 11 is 0. The van der Waals surface area contributed by atoms with Gasteiger partial charge in [0, 0.05) is 58.6 Å². The van der Waals surface area contributed by atoms with Crippen molar-refractivity contribution in [1.82, 2.24) is 4.90 Å². The fourth-order valence-corrected chi connectivity index (χ4v) is 11.6. The van der Waals surface area contributed by atoms with E-state index in [0.29, 0.717) is 42.2 Å². The highest BCUT2D eigenvalue weighted by Crippen LogP contribution is 2.78. The van der Waals surface area contributed by atoms with Gasteiger partial charge in [0.1, 0.15) is 17.2 Å². The minimum Gasteiger partial charge on any atom is -0.497 e. The van der Waals surface area contributed by atoms with Crippen molar-refractivity contribution in [3.05, 3.63) is 77.4 Å². The molecule has 2 spiro atoms. The van der Waals surface area contributed by atoms with Crippen LogP contribution in [0.3, 0.4) is 0 Å². The summed E-state index contributed by atoms with van der Waals surface area (Å²) in [4.78, 5) is 16.9. The van der Waals surface area contributed by atoms with Gasteiger partial charge in [-0.3, -0.25) is 9.69 Å². The van der Waals surface area contributed by atoms with Crippen molar-refractivity contribution in [2.24, 2.45) is 33.5 Å². The Balaban J connectivity index is 1.28. The first-order chi connectivity index (χ1) is 24.3. The molecule has 0 amide bonds. The number of rotatable bonds is 12. The van der Waals surface area contributed by atoms with Gasteiger partial charge in [-0.1, -0.05) is 38.1 Å². The van der Waals surface area contributed by atoms with E-state index in [0.717, 1.165) is 43.2 Å². The van der Waals surface area contributed by atoms with Gasteiger partial charge < -0.3 is 34.6 Å². The van der Waals surface area contributed by atoms with Crippen molar-refractivity contribution >= 4 is 5.78 Å². The lowest BCUT2D eigenvalue weighted by molar-refractivity contribution is -0.177. The van der Waals surface area contributed by atoms with E-state index in [1.165, 1.54) is 0 Å². The number of ether oxygens (including phenoxy) is 3. The molecule has 8 rings (SSSR count). The first-order valence-corrected chi connectivity index (χ1v) is 18.6. The highest BCUT2D eigenvalue weighted by Gasteiger charge is 2.74. The third kappa shape index (κ3) is 5.40. The lowest BCUT2D eigenvalue weighted by Gasteiger charge is -2.71. The molecule has 2 aromatic rings. The number of aliphatic hydroxyl groups is 4. The number of hydrogen-bond acceptors (Lipinski definition) is 9. The molecule has 6 aliphatic rings. The van der Waals surface area contributed by atoms with Gasteiger partial charge in [0.25, 0.3) is 0 Å². The molecule has 9 unspecified atom stereocenters. The number of aliphatic hydroxyl groups excluding tert-OH is 3. The number of carbonyl (C=O) groups is 1. The molecule has 51 heavy (non-hydrogen) atoms. The van der Waals surface area contributed by atoms with Gasteiger partial charge in [-0.05, 0) is 92.5 Å². The second-order valence-corrected chi connectivity index (χ2v) is 16.6. The quantitative estimate of drug-likeness (QED) is 0.171. The minimum absolute atomic E-state index is 0.00692. The summed E-state index contributed by atoms with van der Waals surface area (Å²) in [6.45, 7) is 5.07. The molecule has 9 atom stereocenters. The molecule has 0 saturated heterocycles. The molecule has 3 saturated carbocycles. The van der Waals surface area contributed by atoms with E-state index in [1.54, 1.807) is 21.3 Å². The summed E-state index contributed by atoms with van der Waals surface area (Å²) in [6.07, 6.45) is 10.7. The van der Waals surface area contributed by atoms with E-state index >= 15 is 0 Å². The topological polar surface area (TPSA) is 129 Å². The molecule has 276 valence electrons. The Morgan fingerprint density at radius 1 is 0.902 bits per heavy atom. The maximum Gasteiger partial charge on any atom is 0.189 e. The number of allylic oxidation sites excluding steroid dienone is 4. The summed E-state index contributed by atoms with van der Waals surface area (Å²) in [5, 5.41) is 44.6. The number of methoxy groups -OCH3 is 3. The zero-order valence-corrected chi connectivity index (χ0v) is 30.7. The van der Waals surface area contributed by atoms with Crippen molar-refractivity contribution in [1.29, 1.82) is 0 Å². The normalized spacial score (nSPS) is 36.9.